The molecule has 0 aliphatic heterocycles. The minimum Gasteiger partial charge on any atom is -0.481 e. The summed E-state index contributed by atoms with van der Waals surface area (Å²) >= 11 is 0. The largest absolute Gasteiger partial charge is 0.481 e. The quantitative estimate of drug-likeness (QED) is 0.693. The molecule has 7 nitrogen and oxygen atoms in total. The van der Waals surface area contributed by atoms with Gasteiger partial charge in [-0.1, -0.05) is 0 Å². The predicted octanol–water partition coefficient (Wildman–Crippen LogP) is 0.0854. The second-order valence-electron chi connectivity index (χ2n) is 4.23. The van der Waals surface area contributed by atoms with Crippen LogP contribution in [0.1, 0.15) is 25.7 Å². The smallest absolute Gasteiger partial charge is 0.305 e. The lowest BCUT2D eigenvalue weighted by Crippen LogP contribution is -2.54. The molecule has 1 fully saturated rings. The third-order valence-electron chi connectivity index (χ3n) is 2.91. The summed E-state index contributed by atoms with van der Waals surface area (Å²) in [6, 6.07) is 0. The summed E-state index contributed by atoms with van der Waals surface area (Å²) in [6.07, 6.45) is 4.19. The maximum absolute atomic E-state index is 11.9. The molecule has 0 saturated heterocycles. The fourth-order valence-electron chi connectivity index (χ4n) is 1.94. The number of hydrogen-bond acceptors (Lipinski definition) is 4. The van der Waals surface area contributed by atoms with Crippen LogP contribution in [0.4, 0.5) is 0 Å². The number of imidazole rings is 1. The molecule has 0 bridgehead atoms. The Balaban J connectivity index is 2.17. The summed E-state index contributed by atoms with van der Waals surface area (Å²) in [4.78, 5) is 16.8. The first-order valence-corrected chi connectivity index (χ1v) is 6.66. The van der Waals surface area contributed by atoms with Crippen molar-refractivity contribution in [3.8, 4) is 0 Å². The van der Waals surface area contributed by atoms with E-state index in [0.29, 0.717) is 12.8 Å². The molecule has 1 heterocycles. The van der Waals surface area contributed by atoms with Gasteiger partial charge in [-0.2, -0.15) is 0 Å². The number of H-pyrrole nitrogens is 1. The lowest BCUT2D eigenvalue weighted by molar-refractivity contribution is -0.139. The van der Waals surface area contributed by atoms with E-state index in [0.717, 1.165) is 6.42 Å². The molecule has 0 amide bonds. The summed E-state index contributed by atoms with van der Waals surface area (Å²) in [5.74, 6) is -1.00. The summed E-state index contributed by atoms with van der Waals surface area (Å²) in [5, 5.41) is 8.74. The van der Waals surface area contributed by atoms with Crippen molar-refractivity contribution in [2.75, 3.05) is 0 Å². The van der Waals surface area contributed by atoms with Crippen molar-refractivity contribution >= 4 is 16.0 Å². The molecule has 17 heavy (non-hydrogen) atoms. The Morgan fingerprint density at radius 2 is 2.29 bits per heavy atom. The highest BCUT2D eigenvalue weighted by molar-refractivity contribution is 7.89. The van der Waals surface area contributed by atoms with Gasteiger partial charge in [0.25, 0.3) is 10.0 Å². The van der Waals surface area contributed by atoms with Gasteiger partial charge in [0.15, 0.2) is 5.03 Å². The zero-order chi connectivity index (χ0) is 12.5. The van der Waals surface area contributed by atoms with E-state index in [1.165, 1.54) is 12.5 Å². The number of aromatic nitrogens is 2. The number of rotatable bonds is 5. The predicted molar refractivity (Wildman–Crippen MR) is 57.7 cm³/mol. The highest BCUT2D eigenvalue weighted by atomic mass is 32.2. The SMILES string of the molecule is O=C(O)CC1(NS(=O)(=O)c2cnc[nH]2)CCC1. The number of aliphatic carboxylic acids is 1. The number of nitrogens with one attached hydrogen (secondary N) is 2. The first-order valence-electron chi connectivity index (χ1n) is 5.18. The average Bonchev–Trinajstić information content (AvgIpc) is 2.66. The molecule has 1 saturated carbocycles. The van der Waals surface area contributed by atoms with Gasteiger partial charge in [0.05, 0.1) is 18.9 Å². The lowest BCUT2D eigenvalue weighted by Gasteiger charge is -2.40. The van der Waals surface area contributed by atoms with Gasteiger partial charge in [-0.25, -0.2) is 18.1 Å². The molecule has 0 spiro atoms. The number of sulfonamides is 1. The molecule has 0 radical (unpaired) electrons. The van der Waals surface area contributed by atoms with Gasteiger partial charge < -0.3 is 10.1 Å². The maximum Gasteiger partial charge on any atom is 0.305 e. The van der Waals surface area contributed by atoms with Gasteiger partial charge in [0.1, 0.15) is 0 Å². The normalized spacial score (nSPS) is 18.6. The van der Waals surface area contributed by atoms with Crippen molar-refractivity contribution in [2.24, 2.45) is 0 Å². The van der Waals surface area contributed by atoms with Crippen LogP contribution in [0.25, 0.3) is 0 Å². The fraction of sp³-hybridized carbons (Fsp3) is 0.556. The van der Waals surface area contributed by atoms with E-state index in [-0.39, 0.29) is 11.4 Å². The molecule has 1 aliphatic carbocycles. The Hall–Kier alpha value is -1.41. The Bertz CT molecular complexity index is 504. The highest BCUT2D eigenvalue weighted by Gasteiger charge is 2.42. The summed E-state index contributed by atoms with van der Waals surface area (Å²) in [6.45, 7) is 0. The first-order chi connectivity index (χ1) is 7.94. The van der Waals surface area contributed by atoms with E-state index in [9.17, 15) is 13.2 Å². The highest BCUT2D eigenvalue weighted by Crippen LogP contribution is 2.36. The van der Waals surface area contributed by atoms with E-state index in [4.69, 9.17) is 5.11 Å². The standard InChI is InChI=1S/C9H13N3O4S/c13-8(14)4-9(2-1-3-9)12-17(15,16)7-5-10-6-11-7/h5-6,12H,1-4H2,(H,10,11)(H,13,14). The minimum absolute atomic E-state index is 0.0471. The van der Waals surface area contributed by atoms with E-state index in [1.54, 1.807) is 0 Å². The molecule has 0 unspecified atom stereocenters. The Kier molecular flexibility index (Phi) is 2.92. The van der Waals surface area contributed by atoms with Crippen LogP contribution < -0.4 is 4.72 Å². The number of carboxylic acid groups (broad SMARTS) is 1. The van der Waals surface area contributed by atoms with Crippen molar-refractivity contribution < 1.29 is 18.3 Å². The molecule has 1 aromatic rings. The molecule has 94 valence electrons. The molecule has 3 N–H and O–H groups in total. The molecule has 2 rings (SSSR count). The van der Waals surface area contributed by atoms with Gasteiger partial charge in [-0.05, 0) is 19.3 Å². The van der Waals surface area contributed by atoms with Crippen LogP contribution in [0.15, 0.2) is 17.6 Å². The van der Waals surface area contributed by atoms with Crippen LogP contribution in [0, 0.1) is 0 Å². The molecule has 0 aromatic carbocycles. The lowest BCUT2D eigenvalue weighted by atomic mass is 9.75. The van der Waals surface area contributed by atoms with Crippen LogP contribution in [0.2, 0.25) is 0 Å². The molecule has 1 aromatic heterocycles. The van der Waals surface area contributed by atoms with Gasteiger partial charge in [-0.15, -0.1) is 0 Å². The van der Waals surface area contributed by atoms with Gasteiger partial charge >= 0.3 is 5.97 Å². The van der Waals surface area contributed by atoms with E-state index in [1.807, 2.05) is 0 Å². The topological polar surface area (TPSA) is 112 Å². The fourth-order valence-corrected chi connectivity index (χ4v) is 3.30. The Morgan fingerprint density at radius 1 is 1.59 bits per heavy atom. The summed E-state index contributed by atoms with van der Waals surface area (Å²) in [7, 11) is -3.71. The van der Waals surface area contributed by atoms with Crippen LogP contribution >= 0.6 is 0 Å². The zero-order valence-corrected chi connectivity index (χ0v) is 9.83. The Morgan fingerprint density at radius 3 is 2.71 bits per heavy atom. The van der Waals surface area contributed by atoms with Crippen molar-refractivity contribution in [3.63, 3.8) is 0 Å². The van der Waals surface area contributed by atoms with E-state index >= 15 is 0 Å². The van der Waals surface area contributed by atoms with Crippen molar-refractivity contribution in [2.45, 2.75) is 36.2 Å². The molecular weight excluding hydrogens is 246 g/mol. The van der Waals surface area contributed by atoms with E-state index in [2.05, 4.69) is 14.7 Å². The van der Waals surface area contributed by atoms with Crippen LogP contribution in [0.3, 0.4) is 0 Å². The number of aromatic amines is 1. The Labute approximate surface area is 98.3 Å². The van der Waals surface area contributed by atoms with Gasteiger partial charge in [0, 0.05) is 5.54 Å². The number of nitrogens with zero attached hydrogens (tertiary/aromatic N) is 1. The number of hydrogen-bond donors (Lipinski definition) is 3. The summed E-state index contributed by atoms with van der Waals surface area (Å²) < 4.78 is 26.3. The van der Waals surface area contributed by atoms with Crippen molar-refractivity contribution in [3.05, 3.63) is 12.5 Å². The van der Waals surface area contributed by atoms with Gasteiger partial charge in [-0.3, -0.25) is 4.79 Å². The molecule has 1 aliphatic rings. The van der Waals surface area contributed by atoms with Crippen LogP contribution in [-0.4, -0.2) is 35.0 Å². The minimum atomic E-state index is -3.71. The van der Waals surface area contributed by atoms with Crippen LogP contribution in [-0.2, 0) is 14.8 Å². The second-order valence-corrected chi connectivity index (χ2v) is 5.88. The first kappa shape index (κ1) is 12.1. The van der Waals surface area contributed by atoms with E-state index < -0.39 is 21.5 Å². The van der Waals surface area contributed by atoms with Gasteiger partial charge in [0.2, 0.25) is 0 Å². The molecular formula is C9H13N3O4S. The summed E-state index contributed by atoms with van der Waals surface area (Å²) in [5.41, 5.74) is -0.838. The number of carbonyl (C=O) groups is 1. The monoisotopic (exact) mass is 259 g/mol. The number of carboxylic acids is 1. The molecule has 8 heteroatoms. The zero-order valence-electron chi connectivity index (χ0n) is 9.01. The third kappa shape index (κ3) is 2.47. The van der Waals surface area contributed by atoms with Crippen molar-refractivity contribution in [1.82, 2.24) is 14.7 Å². The average molecular weight is 259 g/mol. The third-order valence-corrected chi connectivity index (χ3v) is 4.42. The van der Waals surface area contributed by atoms with Crippen molar-refractivity contribution in [1.29, 1.82) is 0 Å². The second kappa shape index (κ2) is 4.11. The molecule has 0 atom stereocenters. The van der Waals surface area contributed by atoms with Crippen LogP contribution in [0.5, 0.6) is 0 Å². The maximum atomic E-state index is 11.9.